The number of hydrogen-bond donors (Lipinski definition) is 2. The molecule has 0 aromatic heterocycles. The summed E-state index contributed by atoms with van der Waals surface area (Å²) >= 11 is 0. The van der Waals surface area contributed by atoms with E-state index in [4.69, 9.17) is 0 Å². The molecule has 2 amide bonds. The molecular formula is C19H27N3O2. The Morgan fingerprint density at radius 1 is 1.46 bits per heavy atom. The highest BCUT2D eigenvalue weighted by atomic mass is 16.2. The van der Waals surface area contributed by atoms with Crippen molar-refractivity contribution >= 4 is 29.4 Å². The minimum Gasteiger partial charge on any atom is -0.326 e. The molecule has 0 unspecified atom stereocenters. The molecule has 1 aliphatic rings. The van der Waals surface area contributed by atoms with Gasteiger partial charge in [-0.05, 0) is 55.5 Å². The van der Waals surface area contributed by atoms with Crippen molar-refractivity contribution in [2.75, 3.05) is 10.6 Å². The van der Waals surface area contributed by atoms with Gasteiger partial charge >= 0.3 is 0 Å². The van der Waals surface area contributed by atoms with Crippen LogP contribution >= 0.6 is 0 Å². The van der Waals surface area contributed by atoms with Crippen molar-refractivity contribution in [1.29, 1.82) is 0 Å². The maximum atomic E-state index is 12.4. The molecule has 1 heterocycles. The number of aryl methyl sites for hydroxylation is 2. The van der Waals surface area contributed by atoms with Gasteiger partial charge in [-0.15, -0.1) is 0 Å². The Labute approximate surface area is 145 Å². The normalized spacial score (nSPS) is 14.3. The van der Waals surface area contributed by atoms with E-state index in [1.54, 1.807) is 12.4 Å². The van der Waals surface area contributed by atoms with Gasteiger partial charge in [0.25, 0.3) is 5.91 Å². The topological polar surface area (TPSA) is 70.6 Å². The number of benzene rings is 1. The van der Waals surface area contributed by atoms with Gasteiger partial charge in [0.2, 0.25) is 5.91 Å². The zero-order valence-electron chi connectivity index (χ0n) is 14.4. The Kier molecular flexibility index (Phi) is 5.68. The lowest BCUT2D eigenvalue weighted by Gasteiger charge is -2.20. The summed E-state index contributed by atoms with van der Waals surface area (Å²) in [4.78, 5) is 28.0. The highest BCUT2D eigenvalue weighted by Crippen LogP contribution is 2.30. The standard InChI is InChI=1S/C19H23N3O2.2H2/c1-5-14(11-20-6-2)13(4)19(24)21-16-9-12(3)18-15(10-16)7-8-17(23)22-18;;/h6,9-11H,4-5,7-8H2,1-3H3,(H,21,24)(H,22,23);2*1H/b14-11-,20-6?;;. The molecule has 1 aliphatic heterocycles. The fourth-order valence-corrected chi connectivity index (χ4v) is 2.66. The average molecular weight is 329 g/mol. The maximum absolute atomic E-state index is 12.4. The molecule has 1 aromatic rings. The van der Waals surface area contributed by atoms with Gasteiger partial charge in [0.1, 0.15) is 0 Å². The summed E-state index contributed by atoms with van der Waals surface area (Å²) in [6.45, 7) is 9.58. The first kappa shape index (κ1) is 17.7. The second-order valence-corrected chi connectivity index (χ2v) is 5.72. The lowest BCUT2D eigenvalue weighted by molar-refractivity contribution is -0.116. The van der Waals surface area contributed by atoms with Gasteiger partial charge in [-0.1, -0.05) is 13.5 Å². The van der Waals surface area contributed by atoms with Gasteiger partial charge in [0.15, 0.2) is 0 Å². The van der Waals surface area contributed by atoms with Gasteiger partial charge in [0, 0.05) is 38.6 Å². The SMILES string of the molecule is C=C(C(=O)Nc1cc(C)c2c(c1)CCC(=O)N2)/C(=C\N=CC)CC.[HH].[HH]. The molecule has 0 fully saturated rings. The predicted molar refractivity (Wildman–Crippen MR) is 103 cm³/mol. The van der Waals surface area contributed by atoms with Crippen LogP contribution in [0.25, 0.3) is 0 Å². The van der Waals surface area contributed by atoms with E-state index in [2.05, 4.69) is 22.2 Å². The van der Waals surface area contributed by atoms with Crippen LogP contribution in [0.2, 0.25) is 0 Å². The van der Waals surface area contributed by atoms with Crippen LogP contribution in [0.15, 0.2) is 41.1 Å². The lowest BCUT2D eigenvalue weighted by Crippen LogP contribution is -2.21. The molecule has 0 atom stereocenters. The Morgan fingerprint density at radius 3 is 2.88 bits per heavy atom. The zero-order chi connectivity index (χ0) is 17.7. The fourth-order valence-electron chi connectivity index (χ4n) is 2.66. The first-order chi connectivity index (χ1) is 11.5. The molecule has 0 saturated heterocycles. The number of aliphatic imine (C=N–C) groups is 1. The van der Waals surface area contributed by atoms with Gasteiger partial charge in [-0.2, -0.15) is 0 Å². The largest absolute Gasteiger partial charge is 0.326 e. The number of nitrogens with zero attached hydrogens (tertiary/aromatic N) is 1. The Bertz CT molecular complexity index is 755. The van der Waals surface area contributed by atoms with Gasteiger partial charge in [-0.3, -0.25) is 14.6 Å². The molecule has 0 spiro atoms. The number of carbonyl (C=O) groups is 2. The molecule has 2 rings (SSSR count). The Hall–Kier alpha value is -2.69. The summed E-state index contributed by atoms with van der Waals surface area (Å²) in [5.74, 6) is -0.210. The highest BCUT2D eigenvalue weighted by Gasteiger charge is 2.18. The van der Waals surface area contributed by atoms with Crippen LogP contribution in [0.5, 0.6) is 0 Å². The molecule has 24 heavy (non-hydrogen) atoms. The first-order valence-corrected chi connectivity index (χ1v) is 8.07. The number of anilines is 2. The molecule has 130 valence electrons. The number of fused-ring (bicyclic) bond motifs is 1. The van der Waals surface area contributed by atoms with E-state index in [1.807, 2.05) is 32.9 Å². The molecule has 5 nitrogen and oxygen atoms in total. The molecule has 0 radical (unpaired) electrons. The Morgan fingerprint density at radius 2 is 2.21 bits per heavy atom. The van der Waals surface area contributed by atoms with Crippen LogP contribution in [-0.4, -0.2) is 18.0 Å². The summed E-state index contributed by atoms with van der Waals surface area (Å²) in [6.07, 6.45) is 5.16. The molecule has 0 saturated carbocycles. The third-order valence-corrected chi connectivity index (χ3v) is 3.98. The quantitative estimate of drug-likeness (QED) is 0.481. The van der Waals surface area contributed by atoms with Crippen molar-refractivity contribution in [2.24, 2.45) is 4.99 Å². The minimum atomic E-state index is -0.242. The predicted octanol–water partition coefficient (Wildman–Crippen LogP) is 4.25. The fraction of sp³-hybridized carbons (Fsp3) is 0.316. The van der Waals surface area contributed by atoms with Crippen LogP contribution in [-0.2, 0) is 16.0 Å². The van der Waals surface area contributed by atoms with E-state index >= 15 is 0 Å². The van der Waals surface area contributed by atoms with Crippen molar-refractivity contribution < 1.29 is 12.4 Å². The lowest BCUT2D eigenvalue weighted by atomic mass is 9.98. The number of nitrogens with one attached hydrogen (secondary N) is 2. The van der Waals surface area contributed by atoms with E-state index in [0.29, 0.717) is 30.5 Å². The van der Waals surface area contributed by atoms with Crippen molar-refractivity contribution in [3.8, 4) is 0 Å². The van der Waals surface area contributed by atoms with Crippen LogP contribution in [0, 0.1) is 6.92 Å². The smallest absolute Gasteiger partial charge is 0.255 e. The number of hydrogen-bond acceptors (Lipinski definition) is 3. The monoisotopic (exact) mass is 329 g/mol. The number of rotatable bonds is 5. The van der Waals surface area contributed by atoms with Crippen molar-refractivity contribution in [3.05, 3.63) is 47.2 Å². The van der Waals surface area contributed by atoms with Crippen LogP contribution < -0.4 is 10.6 Å². The number of carbonyl (C=O) groups excluding carboxylic acids is 2. The molecule has 0 aliphatic carbocycles. The van der Waals surface area contributed by atoms with Crippen LogP contribution in [0.3, 0.4) is 0 Å². The van der Waals surface area contributed by atoms with E-state index in [9.17, 15) is 9.59 Å². The first-order valence-electron chi connectivity index (χ1n) is 8.07. The molecule has 0 bridgehead atoms. The average Bonchev–Trinajstić information content (AvgIpc) is 2.56. The number of amides is 2. The third kappa shape index (κ3) is 3.98. The molecule has 1 aromatic carbocycles. The molecular weight excluding hydrogens is 302 g/mol. The second-order valence-electron chi connectivity index (χ2n) is 5.72. The summed E-state index contributed by atoms with van der Waals surface area (Å²) in [5, 5.41) is 5.78. The van der Waals surface area contributed by atoms with Gasteiger partial charge in [0.05, 0.1) is 0 Å². The Balaban J connectivity index is 0.00000312. The summed E-state index contributed by atoms with van der Waals surface area (Å²) in [6, 6.07) is 3.77. The molecule has 5 heteroatoms. The van der Waals surface area contributed by atoms with Crippen LogP contribution in [0.1, 0.15) is 40.7 Å². The molecule has 2 N–H and O–H groups in total. The second kappa shape index (κ2) is 7.73. The van der Waals surface area contributed by atoms with E-state index in [0.717, 1.165) is 22.4 Å². The summed E-state index contributed by atoms with van der Waals surface area (Å²) < 4.78 is 0. The van der Waals surface area contributed by atoms with Crippen LogP contribution in [0.4, 0.5) is 11.4 Å². The van der Waals surface area contributed by atoms with E-state index in [1.165, 1.54) is 0 Å². The maximum Gasteiger partial charge on any atom is 0.255 e. The minimum absolute atomic E-state index is 0. The van der Waals surface area contributed by atoms with Crippen molar-refractivity contribution in [1.82, 2.24) is 0 Å². The summed E-state index contributed by atoms with van der Waals surface area (Å²) in [7, 11) is 0. The highest BCUT2D eigenvalue weighted by molar-refractivity contribution is 6.07. The van der Waals surface area contributed by atoms with E-state index in [-0.39, 0.29) is 14.7 Å². The van der Waals surface area contributed by atoms with Gasteiger partial charge < -0.3 is 10.6 Å². The summed E-state index contributed by atoms with van der Waals surface area (Å²) in [5.41, 5.74) is 4.75. The third-order valence-electron chi connectivity index (χ3n) is 3.98. The van der Waals surface area contributed by atoms with Gasteiger partial charge in [-0.25, -0.2) is 0 Å². The van der Waals surface area contributed by atoms with Crippen molar-refractivity contribution in [2.45, 2.75) is 40.0 Å². The zero-order valence-corrected chi connectivity index (χ0v) is 14.4. The van der Waals surface area contributed by atoms with Crippen molar-refractivity contribution in [3.63, 3.8) is 0 Å². The van der Waals surface area contributed by atoms with E-state index < -0.39 is 0 Å².